The molecule has 0 unspecified atom stereocenters. The lowest BCUT2D eigenvalue weighted by molar-refractivity contribution is -0.142. The van der Waals surface area contributed by atoms with E-state index in [1.807, 2.05) is 0 Å². The number of amides is 1. The van der Waals surface area contributed by atoms with Gasteiger partial charge in [-0.25, -0.2) is 27.7 Å². The van der Waals surface area contributed by atoms with Crippen LogP contribution in [-0.4, -0.2) is 38.1 Å². The maximum Gasteiger partial charge on any atom is 0.311 e. The number of alkyl halides is 2. The fourth-order valence-electron chi connectivity index (χ4n) is 3.04. The first kappa shape index (κ1) is 22.4. The van der Waals surface area contributed by atoms with Gasteiger partial charge in [0.1, 0.15) is 17.1 Å². The summed E-state index contributed by atoms with van der Waals surface area (Å²) in [6.45, 7) is 1.94. The van der Waals surface area contributed by atoms with Crippen LogP contribution in [0.15, 0.2) is 41.9 Å². The number of aromatic nitrogens is 4. The molecular formula is C21H16F3N5O3S. The third kappa shape index (κ3) is 4.85. The van der Waals surface area contributed by atoms with E-state index in [-0.39, 0.29) is 35.1 Å². The van der Waals surface area contributed by atoms with E-state index < -0.39 is 29.8 Å². The van der Waals surface area contributed by atoms with Crippen molar-refractivity contribution in [3.05, 3.63) is 64.7 Å². The van der Waals surface area contributed by atoms with Gasteiger partial charge in [-0.05, 0) is 37.3 Å². The number of nitrogens with zero attached hydrogens (tertiary/aromatic N) is 4. The van der Waals surface area contributed by atoms with Gasteiger partial charge >= 0.3 is 5.97 Å². The SMILES string of the molecule is CCOC(=O)Cc1csc(NC(=O)c2cnn3c(C(F)F)cc(-c4ccc(F)cc4)nc23)n1. The number of hydrogen-bond acceptors (Lipinski definition) is 7. The molecule has 0 saturated carbocycles. The molecular weight excluding hydrogens is 459 g/mol. The van der Waals surface area contributed by atoms with Gasteiger partial charge in [0.15, 0.2) is 10.8 Å². The maximum absolute atomic E-state index is 13.7. The number of benzene rings is 1. The lowest BCUT2D eigenvalue weighted by Gasteiger charge is -2.08. The highest BCUT2D eigenvalue weighted by molar-refractivity contribution is 7.14. The Labute approximate surface area is 189 Å². The second-order valence-electron chi connectivity index (χ2n) is 6.75. The van der Waals surface area contributed by atoms with E-state index >= 15 is 0 Å². The van der Waals surface area contributed by atoms with Crippen molar-refractivity contribution in [2.24, 2.45) is 0 Å². The highest BCUT2D eigenvalue weighted by Crippen LogP contribution is 2.27. The van der Waals surface area contributed by atoms with Gasteiger partial charge in [0.05, 0.1) is 30.6 Å². The van der Waals surface area contributed by atoms with Gasteiger partial charge in [-0.1, -0.05) is 0 Å². The smallest absolute Gasteiger partial charge is 0.311 e. The highest BCUT2D eigenvalue weighted by Gasteiger charge is 2.22. The third-order valence-electron chi connectivity index (χ3n) is 4.51. The Morgan fingerprint density at radius 1 is 1.21 bits per heavy atom. The number of hydrogen-bond donors (Lipinski definition) is 1. The summed E-state index contributed by atoms with van der Waals surface area (Å²) in [6.07, 6.45) is -1.81. The second-order valence-corrected chi connectivity index (χ2v) is 7.61. The van der Waals surface area contributed by atoms with E-state index in [2.05, 4.69) is 20.4 Å². The molecule has 3 heterocycles. The molecule has 0 saturated heterocycles. The number of anilines is 1. The quantitative estimate of drug-likeness (QED) is 0.401. The number of thiazole rings is 1. The maximum atomic E-state index is 13.7. The summed E-state index contributed by atoms with van der Waals surface area (Å²) in [5, 5.41) is 8.27. The molecule has 12 heteroatoms. The van der Waals surface area contributed by atoms with Gasteiger partial charge in [-0.2, -0.15) is 5.10 Å². The topological polar surface area (TPSA) is 98.5 Å². The predicted molar refractivity (Wildman–Crippen MR) is 114 cm³/mol. The van der Waals surface area contributed by atoms with Crippen molar-refractivity contribution in [3.8, 4) is 11.3 Å². The molecule has 170 valence electrons. The molecule has 33 heavy (non-hydrogen) atoms. The molecule has 3 aromatic heterocycles. The van der Waals surface area contributed by atoms with Crippen LogP contribution in [0.2, 0.25) is 0 Å². The Hall–Kier alpha value is -3.80. The third-order valence-corrected chi connectivity index (χ3v) is 5.32. The number of halogens is 3. The van der Waals surface area contributed by atoms with Crippen molar-refractivity contribution in [1.29, 1.82) is 0 Å². The van der Waals surface area contributed by atoms with Crippen LogP contribution in [0.4, 0.5) is 18.3 Å². The molecule has 0 fully saturated rings. The van der Waals surface area contributed by atoms with E-state index in [4.69, 9.17) is 4.74 Å². The Bertz CT molecular complexity index is 1320. The summed E-state index contributed by atoms with van der Waals surface area (Å²) in [5.41, 5.74) is 0.348. The summed E-state index contributed by atoms with van der Waals surface area (Å²) in [4.78, 5) is 32.9. The molecule has 4 aromatic rings. The first-order valence-electron chi connectivity index (χ1n) is 9.70. The molecule has 0 spiro atoms. The molecule has 1 aromatic carbocycles. The van der Waals surface area contributed by atoms with Gasteiger partial charge < -0.3 is 4.74 Å². The minimum Gasteiger partial charge on any atom is -0.466 e. The van der Waals surface area contributed by atoms with Crippen LogP contribution in [0.3, 0.4) is 0 Å². The van der Waals surface area contributed by atoms with Gasteiger partial charge in [0, 0.05) is 10.9 Å². The lowest BCUT2D eigenvalue weighted by Crippen LogP contribution is -2.13. The molecule has 0 bridgehead atoms. The van der Waals surface area contributed by atoms with Crippen molar-refractivity contribution in [3.63, 3.8) is 0 Å². The molecule has 0 atom stereocenters. The van der Waals surface area contributed by atoms with E-state index in [1.165, 1.54) is 24.3 Å². The zero-order chi connectivity index (χ0) is 23.5. The molecule has 1 amide bonds. The van der Waals surface area contributed by atoms with Crippen molar-refractivity contribution < 1.29 is 27.5 Å². The number of esters is 1. The lowest BCUT2D eigenvalue weighted by atomic mass is 10.1. The van der Waals surface area contributed by atoms with Crippen LogP contribution in [-0.2, 0) is 16.0 Å². The number of fused-ring (bicyclic) bond motifs is 1. The summed E-state index contributed by atoms with van der Waals surface area (Å²) < 4.78 is 46.4. The first-order chi connectivity index (χ1) is 15.9. The van der Waals surface area contributed by atoms with Crippen LogP contribution >= 0.6 is 11.3 Å². The van der Waals surface area contributed by atoms with Gasteiger partial charge in [0.2, 0.25) is 0 Å². The largest absolute Gasteiger partial charge is 0.466 e. The number of ether oxygens (including phenoxy) is 1. The normalized spacial score (nSPS) is 11.2. The molecule has 0 aliphatic rings. The molecule has 1 N–H and O–H groups in total. The van der Waals surface area contributed by atoms with E-state index in [0.29, 0.717) is 11.3 Å². The first-order valence-corrected chi connectivity index (χ1v) is 10.6. The zero-order valence-corrected chi connectivity index (χ0v) is 17.9. The monoisotopic (exact) mass is 475 g/mol. The fourth-order valence-corrected chi connectivity index (χ4v) is 3.75. The Morgan fingerprint density at radius 3 is 2.67 bits per heavy atom. The average molecular weight is 475 g/mol. The predicted octanol–water partition coefficient (Wildman–Crippen LogP) is 4.29. The Balaban J connectivity index is 1.65. The summed E-state index contributed by atoms with van der Waals surface area (Å²) in [6, 6.07) is 6.32. The minimum absolute atomic E-state index is 0.0444. The van der Waals surface area contributed by atoms with Gasteiger partial charge in [-0.15, -0.1) is 11.3 Å². The van der Waals surface area contributed by atoms with Crippen molar-refractivity contribution in [1.82, 2.24) is 19.6 Å². The Kier molecular flexibility index (Phi) is 6.36. The standard InChI is InChI=1S/C21H16F3N5O3S/c1-2-32-17(30)7-13-10-33-21(26-13)28-20(31)14-9-25-29-16(18(23)24)8-15(27-19(14)29)11-3-5-12(22)6-4-11/h3-6,8-10,18H,2,7H2,1H3,(H,26,28,31). The van der Waals surface area contributed by atoms with Crippen molar-refractivity contribution in [2.45, 2.75) is 19.8 Å². The van der Waals surface area contributed by atoms with Crippen LogP contribution in [0.5, 0.6) is 0 Å². The van der Waals surface area contributed by atoms with Crippen molar-refractivity contribution >= 4 is 34.0 Å². The molecule has 4 rings (SSSR count). The van der Waals surface area contributed by atoms with Gasteiger partial charge in [-0.3, -0.25) is 14.9 Å². The number of rotatable bonds is 7. The van der Waals surface area contributed by atoms with Gasteiger partial charge in [0.25, 0.3) is 12.3 Å². The molecule has 8 nitrogen and oxygen atoms in total. The number of nitrogens with one attached hydrogen (secondary N) is 1. The van der Waals surface area contributed by atoms with E-state index in [9.17, 15) is 22.8 Å². The second kappa shape index (κ2) is 9.36. The zero-order valence-electron chi connectivity index (χ0n) is 17.1. The number of carbonyl (C=O) groups excluding carboxylic acids is 2. The van der Waals surface area contributed by atoms with Crippen LogP contribution in [0.1, 0.15) is 35.1 Å². The summed E-state index contributed by atoms with van der Waals surface area (Å²) in [7, 11) is 0. The van der Waals surface area contributed by atoms with Crippen LogP contribution in [0, 0.1) is 5.82 Å². The fraction of sp³-hybridized carbons (Fsp3) is 0.190. The summed E-state index contributed by atoms with van der Waals surface area (Å²) >= 11 is 1.10. The average Bonchev–Trinajstić information content (AvgIpc) is 3.40. The van der Waals surface area contributed by atoms with Crippen LogP contribution < -0.4 is 5.32 Å². The Morgan fingerprint density at radius 2 is 1.97 bits per heavy atom. The molecule has 0 radical (unpaired) electrons. The highest BCUT2D eigenvalue weighted by atomic mass is 32.1. The molecule has 0 aliphatic heterocycles. The van der Waals surface area contributed by atoms with E-state index in [1.54, 1.807) is 12.3 Å². The minimum atomic E-state index is -2.89. The number of carbonyl (C=O) groups is 2. The van der Waals surface area contributed by atoms with Crippen LogP contribution in [0.25, 0.3) is 16.9 Å². The molecule has 0 aliphatic carbocycles. The van der Waals surface area contributed by atoms with E-state index in [0.717, 1.165) is 28.1 Å². The summed E-state index contributed by atoms with van der Waals surface area (Å²) in [5.74, 6) is -1.59. The van der Waals surface area contributed by atoms with Crippen molar-refractivity contribution in [2.75, 3.05) is 11.9 Å².